The number of hydrogen-bond donors (Lipinski definition) is 2. The number of ether oxygens (including phenoxy) is 2. The lowest BCUT2D eigenvalue weighted by atomic mass is 10.2. The smallest absolute Gasteiger partial charge is 0.411 e. The van der Waals surface area contributed by atoms with Crippen molar-refractivity contribution in [1.29, 1.82) is 0 Å². The fourth-order valence-electron chi connectivity index (χ4n) is 1.98. The summed E-state index contributed by atoms with van der Waals surface area (Å²) in [5, 5.41) is 12.3. The minimum atomic E-state index is -0.968. The fourth-order valence-corrected chi connectivity index (χ4v) is 1.98. The lowest BCUT2D eigenvalue weighted by Gasteiger charge is -2.11. The van der Waals surface area contributed by atoms with Gasteiger partial charge in [0, 0.05) is 6.20 Å². The van der Waals surface area contributed by atoms with Gasteiger partial charge in [0.1, 0.15) is 0 Å². The Kier molecular flexibility index (Phi) is 4.49. The molecule has 0 aliphatic heterocycles. The van der Waals surface area contributed by atoms with Gasteiger partial charge < -0.3 is 14.6 Å². The molecule has 0 saturated carbocycles. The summed E-state index contributed by atoms with van der Waals surface area (Å²) in [6.07, 6.45) is 0.684. The van der Waals surface area contributed by atoms with E-state index in [1.807, 2.05) is 0 Å². The predicted molar refractivity (Wildman–Crippen MR) is 79.8 cm³/mol. The first-order chi connectivity index (χ1) is 10.9. The largest absolute Gasteiger partial charge is 0.501 e. The van der Waals surface area contributed by atoms with Crippen LogP contribution in [0.25, 0.3) is 5.65 Å². The Labute approximate surface area is 130 Å². The Morgan fingerprint density at radius 3 is 2.74 bits per heavy atom. The minimum Gasteiger partial charge on any atom is -0.501 e. The molecule has 0 spiro atoms. The number of aromatic hydroxyl groups is 1. The van der Waals surface area contributed by atoms with Crippen molar-refractivity contribution in [2.45, 2.75) is 13.8 Å². The standard InChI is InChI=1S/C14H15N3O6/c1-4-23-14(21)15-8-5-7(2)6-17-11(8)16-9(13(20)22-3)10(18)12(17)19/h5-6,18H,4H2,1-3H3,(H,15,21). The number of rotatable bonds is 3. The number of nitrogens with one attached hydrogen (secondary N) is 1. The number of pyridine rings is 1. The van der Waals surface area contributed by atoms with Gasteiger partial charge in [-0.1, -0.05) is 0 Å². The van der Waals surface area contributed by atoms with E-state index in [-0.39, 0.29) is 17.9 Å². The Balaban J connectivity index is 2.72. The molecule has 2 aromatic rings. The molecule has 1 amide bonds. The van der Waals surface area contributed by atoms with E-state index in [1.54, 1.807) is 19.9 Å². The van der Waals surface area contributed by atoms with Crippen LogP contribution in [0.4, 0.5) is 10.5 Å². The molecule has 0 fully saturated rings. The van der Waals surface area contributed by atoms with Gasteiger partial charge in [-0.3, -0.25) is 14.5 Å². The Hall–Kier alpha value is -3.10. The molecule has 9 nitrogen and oxygen atoms in total. The second-order valence-corrected chi connectivity index (χ2v) is 4.58. The van der Waals surface area contributed by atoms with E-state index < -0.39 is 29.1 Å². The molecule has 122 valence electrons. The van der Waals surface area contributed by atoms with Gasteiger partial charge in [0.2, 0.25) is 5.75 Å². The molecule has 0 unspecified atom stereocenters. The number of carbonyl (C=O) groups excluding carboxylic acids is 2. The van der Waals surface area contributed by atoms with E-state index >= 15 is 0 Å². The van der Waals surface area contributed by atoms with Crippen molar-refractivity contribution in [3.63, 3.8) is 0 Å². The molecule has 9 heteroatoms. The zero-order valence-electron chi connectivity index (χ0n) is 12.7. The van der Waals surface area contributed by atoms with Crippen LogP contribution in [0.1, 0.15) is 23.0 Å². The van der Waals surface area contributed by atoms with Crippen molar-refractivity contribution in [3.05, 3.63) is 33.9 Å². The number of amides is 1. The van der Waals surface area contributed by atoms with E-state index in [1.165, 1.54) is 6.20 Å². The quantitative estimate of drug-likeness (QED) is 0.811. The number of hydrogen-bond acceptors (Lipinski definition) is 7. The molecule has 2 rings (SSSR count). The highest BCUT2D eigenvalue weighted by atomic mass is 16.5. The van der Waals surface area contributed by atoms with Crippen LogP contribution in [0.3, 0.4) is 0 Å². The van der Waals surface area contributed by atoms with Gasteiger partial charge in [-0.05, 0) is 25.5 Å². The summed E-state index contributed by atoms with van der Waals surface area (Å²) in [6.45, 7) is 3.49. The first-order valence-electron chi connectivity index (χ1n) is 6.67. The second-order valence-electron chi connectivity index (χ2n) is 4.58. The lowest BCUT2D eigenvalue weighted by molar-refractivity contribution is 0.0590. The molecule has 0 aromatic carbocycles. The molecule has 0 saturated heterocycles. The summed E-state index contributed by atoms with van der Waals surface area (Å²) >= 11 is 0. The van der Waals surface area contributed by atoms with Crippen LogP contribution >= 0.6 is 0 Å². The molecule has 0 aliphatic carbocycles. The Morgan fingerprint density at radius 2 is 2.13 bits per heavy atom. The van der Waals surface area contributed by atoms with Crippen molar-refractivity contribution < 1.29 is 24.2 Å². The van der Waals surface area contributed by atoms with Gasteiger partial charge >= 0.3 is 17.6 Å². The van der Waals surface area contributed by atoms with Gasteiger partial charge in [-0.2, -0.15) is 0 Å². The lowest BCUT2D eigenvalue weighted by Crippen LogP contribution is -2.22. The van der Waals surface area contributed by atoms with E-state index in [9.17, 15) is 19.5 Å². The molecule has 0 aliphatic rings. The number of esters is 1. The first-order valence-corrected chi connectivity index (χ1v) is 6.67. The molecule has 23 heavy (non-hydrogen) atoms. The minimum absolute atomic E-state index is 0.0214. The van der Waals surface area contributed by atoms with Crippen LogP contribution < -0.4 is 10.9 Å². The van der Waals surface area contributed by atoms with Crippen LogP contribution in [-0.2, 0) is 9.47 Å². The van der Waals surface area contributed by atoms with Gasteiger partial charge in [0.25, 0.3) is 0 Å². The molecule has 2 aromatic heterocycles. The monoisotopic (exact) mass is 321 g/mol. The van der Waals surface area contributed by atoms with E-state index in [0.717, 1.165) is 11.5 Å². The molecule has 2 N–H and O–H groups in total. The van der Waals surface area contributed by atoms with E-state index in [4.69, 9.17) is 4.74 Å². The normalized spacial score (nSPS) is 10.4. The van der Waals surface area contributed by atoms with Crippen molar-refractivity contribution >= 4 is 23.4 Å². The second kappa shape index (κ2) is 6.34. The summed E-state index contributed by atoms with van der Waals surface area (Å²) in [7, 11) is 1.10. The number of aryl methyl sites for hydroxylation is 1. The molecule has 0 radical (unpaired) electrons. The van der Waals surface area contributed by atoms with Crippen LogP contribution in [0, 0.1) is 6.92 Å². The molecule has 0 bridgehead atoms. The molecule has 0 atom stereocenters. The van der Waals surface area contributed by atoms with Gasteiger partial charge in [-0.15, -0.1) is 0 Å². The van der Waals surface area contributed by atoms with Gasteiger partial charge in [0.15, 0.2) is 11.3 Å². The van der Waals surface area contributed by atoms with Crippen LogP contribution in [0.2, 0.25) is 0 Å². The fraction of sp³-hybridized carbons (Fsp3) is 0.286. The van der Waals surface area contributed by atoms with Gasteiger partial charge in [0.05, 0.1) is 19.4 Å². The number of methoxy groups -OCH3 is 1. The van der Waals surface area contributed by atoms with Gasteiger partial charge in [-0.25, -0.2) is 14.6 Å². The third-order valence-corrected chi connectivity index (χ3v) is 2.93. The van der Waals surface area contributed by atoms with Crippen molar-refractivity contribution in [2.75, 3.05) is 19.0 Å². The molecular weight excluding hydrogens is 306 g/mol. The number of fused-ring (bicyclic) bond motifs is 1. The Morgan fingerprint density at radius 1 is 1.43 bits per heavy atom. The zero-order valence-corrected chi connectivity index (χ0v) is 12.7. The summed E-state index contributed by atoms with van der Waals surface area (Å²) in [6, 6.07) is 1.55. The van der Waals surface area contributed by atoms with Crippen molar-refractivity contribution in [3.8, 4) is 5.75 Å². The summed E-state index contributed by atoms with van der Waals surface area (Å²) in [4.78, 5) is 39.4. The third kappa shape index (κ3) is 3.07. The number of aromatic nitrogens is 2. The zero-order chi connectivity index (χ0) is 17.1. The Bertz CT molecular complexity index is 843. The molecule has 2 heterocycles. The summed E-state index contributed by atoms with van der Waals surface area (Å²) in [5.41, 5.74) is -0.629. The van der Waals surface area contributed by atoms with Crippen LogP contribution in [0.15, 0.2) is 17.1 Å². The van der Waals surface area contributed by atoms with Crippen molar-refractivity contribution in [2.24, 2.45) is 0 Å². The first kappa shape index (κ1) is 16.3. The van der Waals surface area contributed by atoms with Crippen LogP contribution in [0.5, 0.6) is 5.75 Å². The topological polar surface area (TPSA) is 119 Å². The molecular formula is C14H15N3O6. The maximum atomic E-state index is 12.2. The summed E-state index contributed by atoms with van der Waals surface area (Å²) < 4.78 is 10.3. The highest BCUT2D eigenvalue weighted by Crippen LogP contribution is 2.20. The average molecular weight is 321 g/mol. The third-order valence-electron chi connectivity index (χ3n) is 2.93. The predicted octanol–water partition coefficient (Wildman–Crippen LogP) is 1.06. The highest BCUT2D eigenvalue weighted by molar-refractivity contribution is 5.93. The number of nitrogens with zero attached hydrogens (tertiary/aromatic N) is 2. The van der Waals surface area contributed by atoms with Crippen LogP contribution in [-0.4, -0.2) is 40.3 Å². The highest BCUT2D eigenvalue weighted by Gasteiger charge is 2.21. The number of anilines is 1. The maximum Gasteiger partial charge on any atom is 0.411 e. The number of carbonyl (C=O) groups is 2. The van der Waals surface area contributed by atoms with Crippen molar-refractivity contribution in [1.82, 2.24) is 9.38 Å². The summed E-state index contributed by atoms with van der Waals surface area (Å²) in [5.74, 6) is -1.80. The van der Waals surface area contributed by atoms with E-state index in [0.29, 0.717) is 5.56 Å². The van der Waals surface area contributed by atoms with E-state index in [2.05, 4.69) is 15.0 Å². The SMILES string of the molecule is CCOC(=O)Nc1cc(C)cn2c(=O)c(O)c(C(=O)OC)nc12. The maximum absolute atomic E-state index is 12.2. The average Bonchev–Trinajstić information content (AvgIpc) is 2.50.